The highest BCUT2D eigenvalue weighted by Gasteiger charge is 2.40. The number of hydrogen-bond acceptors (Lipinski definition) is 5. The van der Waals surface area contributed by atoms with Crippen LogP contribution in [0.1, 0.15) is 23.7 Å². The van der Waals surface area contributed by atoms with Crippen molar-refractivity contribution in [3.05, 3.63) is 23.8 Å². The lowest BCUT2D eigenvalue weighted by molar-refractivity contribution is -0.0300. The van der Waals surface area contributed by atoms with Gasteiger partial charge in [0, 0.05) is 24.3 Å². The molecule has 6 heteroatoms. The monoisotopic (exact) mass is 266 g/mol. The highest BCUT2D eigenvalue weighted by Crippen LogP contribution is 2.24. The standard InChI is InChI=1S/C13H18N2O4/c1-2-19-11-6-10(14)12(11)15-13(18)7-3-8(16)5-9(17)4-7/h3-5,10-12,16-17H,2,6,14H2,1H3,(H,15,18). The highest BCUT2D eigenvalue weighted by molar-refractivity contribution is 5.95. The molecule has 1 amide bonds. The predicted octanol–water partition coefficient (Wildman–Crippen LogP) is 0.332. The number of carbonyl (C=O) groups excluding carboxylic acids is 1. The fraction of sp³-hybridized carbons (Fsp3) is 0.462. The van der Waals surface area contributed by atoms with E-state index in [9.17, 15) is 15.0 Å². The van der Waals surface area contributed by atoms with Crippen LogP contribution in [-0.2, 0) is 4.74 Å². The van der Waals surface area contributed by atoms with Crippen molar-refractivity contribution >= 4 is 5.91 Å². The van der Waals surface area contributed by atoms with Crippen LogP contribution in [0.5, 0.6) is 11.5 Å². The summed E-state index contributed by atoms with van der Waals surface area (Å²) in [5, 5.41) is 21.5. The fourth-order valence-corrected chi connectivity index (χ4v) is 2.19. The molecule has 0 radical (unpaired) electrons. The molecular weight excluding hydrogens is 248 g/mol. The molecular formula is C13H18N2O4. The Morgan fingerprint density at radius 3 is 2.58 bits per heavy atom. The van der Waals surface area contributed by atoms with Gasteiger partial charge in [0.2, 0.25) is 0 Å². The van der Waals surface area contributed by atoms with Gasteiger partial charge in [0.1, 0.15) is 11.5 Å². The van der Waals surface area contributed by atoms with E-state index in [0.29, 0.717) is 13.0 Å². The number of phenols is 2. The van der Waals surface area contributed by atoms with Gasteiger partial charge in [-0.05, 0) is 25.5 Å². The van der Waals surface area contributed by atoms with Crippen molar-refractivity contribution in [2.45, 2.75) is 31.5 Å². The minimum Gasteiger partial charge on any atom is -0.508 e. The summed E-state index contributed by atoms with van der Waals surface area (Å²) in [6.45, 7) is 2.45. The maximum atomic E-state index is 12.0. The Balaban J connectivity index is 2.04. The predicted molar refractivity (Wildman–Crippen MR) is 69.0 cm³/mol. The van der Waals surface area contributed by atoms with E-state index in [-0.39, 0.29) is 35.3 Å². The van der Waals surface area contributed by atoms with Gasteiger partial charge < -0.3 is 26.0 Å². The molecule has 1 aliphatic carbocycles. The van der Waals surface area contributed by atoms with Crippen molar-refractivity contribution in [3.63, 3.8) is 0 Å². The molecule has 1 aromatic carbocycles. The van der Waals surface area contributed by atoms with Gasteiger partial charge in [-0.2, -0.15) is 0 Å². The molecule has 3 atom stereocenters. The van der Waals surface area contributed by atoms with Crippen LogP contribution < -0.4 is 11.1 Å². The molecule has 19 heavy (non-hydrogen) atoms. The Morgan fingerprint density at radius 2 is 2.05 bits per heavy atom. The number of benzene rings is 1. The van der Waals surface area contributed by atoms with E-state index in [1.165, 1.54) is 12.1 Å². The van der Waals surface area contributed by atoms with Crippen LogP contribution in [0.3, 0.4) is 0 Å². The number of nitrogens with one attached hydrogen (secondary N) is 1. The molecule has 1 saturated carbocycles. The number of ether oxygens (including phenoxy) is 1. The van der Waals surface area contributed by atoms with Gasteiger partial charge in [0.15, 0.2) is 0 Å². The first-order valence-electron chi connectivity index (χ1n) is 6.22. The summed E-state index contributed by atoms with van der Waals surface area (Å²) < 4.78 is 5.45. The van der Waals surface area contributed by atoms with Crippen LogP contribution in [0.4, 0.5) is 0 Å². The minimum atomic E-state index is -0.393. The van der Waals surface area contributed by atoms with E-state index in [2.05, 4.69) is 5.32 Å². The maximum Gasteiger partial charge on any atom is 0.251 e. The third kappa shape index (κ3) is 2.97. The Bertz CT molecular complexity index is 455. The van der Waals surface area contributed by atoms with E-state index in [4.69, 9.17) is 10.5 Å². The molecule has 0 aromatic heterocycles. The smallest absolute Gasteiger partial charge is 0.251 e. The van der Waals surface area contributed by atoms with Crippen molar-refractivity contribution in [2.24, 2.45) is 5.73 Å². The molecule has 2 rings (SSSR count). The molecule has 0 aliphatic heterocycles. The van der Waals surface area contributed by atoms with Crippen molar-refractivity contribution in [1.29, 1.82) is 0 Å². The van der Waals surface area contributed by atoms with Crippen LogP contribution in [-0.4, -0.2) is 40.9 Å². The van der Waals surface area contributed by atoms with E-state index in [1.807, 2.05) is 6.92 Å². The summed E-state index contributed by atoms with van der Waals surface area (Å²) in [4.78, 5) is 12.0. The summed E-state index contributed by atoms with van der Waals surface area (Å²) in [7, 11) is 0. The first-order chi connectivity index (χ1) is 9.01. The van der Waals surface area contributed by atoms with Gasteiger partial charge in [0.25, 0.3) is 5.91 Å². The lowest BCUT2D eigenvalue weighted by Crippen LogP contribution is -2.64. The molecule has 0 saturated heterocycles. The molecule has 1 aromatic rings. The number of phenolic OH excluding ortho intramolecular Hbond substituents is 2. The zero-order chi connectivity index (χ0) is 14.0. The Kier molecular flexibility index (Phi) is 3.92. The molecule has 0 heterocycles. The normalized spacial score (nSPS) is 25.7. The van der Waals surface area contributed by atoms with Crippen LogP contribution in [0, 0.1) is 0 Å². The molecule has 1 fully saturated rings. The molecule has 6 nitrogen and oxygen atoms in total. The van der Waals surface area contributed by atoms with E-state index in [1.54, 1.807) is 0 Å². The largest absolute Gasteiger partial charge is 0.508 e. The Labute approximate surface area is 111 Å². The molecule has 5 N–H and O–H groups in total. The lowest BCUT2D eigenvalue weighted by Gasteiger charge is -2.42. The van der Waals surface area contributed by atoms with Gasteiger partial charge in [-0.25, -0.2) is 0 Å². The van der Waals surface area contributed by atoms with Gasteiger partial charge in [-0.3, -0.25) is 4.79 Å². The lowest BCUT2D eigenvalue weighted by atomic mass is 9.83. The number of rotatable bonds is 4. The molecule has 104 valence electrons. The first kappa shape index (κ1) is 13.6. The van der Waals surface area contributed by atoms with Crippen LogP contribution in [0.25, 0.3) is 0 Å². The highest BCUT2D eigenvalue weighted by atomic mass is 16.5. The van der Waals surface area contributed by atoms with Crippen molar-refractivity contribution in [2.75, 3.05) is 6.61 Å². The minimum absolute atomic E-state index is 0.0742. The van der Waals surface area contributed by atoms with Gasteiger partial charge >= 0.3 is 0 Å². The van der Waals surface area contributed by atoms with Crippen molar-refractivity contribution in [3.8, 4) is 11.5 Å². The number of nitrogens with two attached hydrogens (primary N) is 1. The van der Waals surface area contributed by atoms with Gasteiger partial charge in [-0.15, -0.1) is 0 Å². The summed E-state index contributed by atoms with van der Waals surface area (Å²) in [6, 6.07) is 3.36. The molecule has 1 aliphatic rings. The third-order valence-corrected chi connectivity index (χ3v) is 3.21. The molecule has 0 spiro atoms. The maximum absolute atomic E-state index is 12.0. The second kappa shape index (κ2) is 5.46. The van der Waals surface area contributed by atoms with Crippen LogP contribution >= 0.6 is 0 Å². The molecule has 0 bridgehead atoms. The Morgan fingerprint density at radius 1 is 1.42 bits per heavy atom. The fourth-order valence-electron chi connectivity index (χ4n) is 2.19. The SMILES string of the molecule is CCOC1CC(N)C1NC(=O)c1cc(O)cc(O)c1. The zero-order valence-electron chi connectivity index (χ0n) is 10.7. The average molecular weight is 266 g/mol. The first-order valence-corrected chi connectivity index (χ1v) is 6.22. The second-order valence-corrected chi connectivity index (χ2v) is 4.63. The van der Waals surface area contributed by atoms with E-state index >= 15 is 0 Å². The van der Waals surface area contributed by atoms with E-state index in [0.717, 1.165) is 6.07 Å². The third-order valence-electron chi connectivity index (χ3n) is 3.21. The molecule has 3 unspecified atom stereocenters. The van der Waals surface area contributed by atoms with Crippen LogP contribution in [0.15, 0.2) is 18.2 Å². The van der Waals surface area contributed by atoms with Gasteiger partial charge in [-0.1, -0.05) is 0 Å². The number of aromatic hydroxyl groups is 2. The summed E-state index contributed by atoms with van der Waals surface area (Å²) in [5.74, 6) is -0.718. The topological polar surface area (TPSA) is 105 Å². The van der Waals surface area contributed by atoms with E-state index < -0.39 is 5.91 Å². The average Bonchev–Trinajstić information content (AvgIpc) is 2.34. The number of amides is 1. The second-order valence-electron chi connectivity index (χ2n) is 4.63. The van der Waals surface area contributed by atoms with Crippen LogP contribution in [0.2, 0.25) is 0 Å². The summed E-state index contributed by atoms with van der Waals surface area (Å²) >= 11 is 0. The quantitative estimate of drug-likeness (QED) is 0.628. The number of hydrogen-bond donors (Lipinski definition) is 4. The number of carbonyl (C=O) groups is 1. The summed E-state index contributed by atoms with van der Waals surface area (Å²) in [5.41, 5.74) is 6.02. The van der Waals surface area contributed by atoms with Gasteiger partial charge in [0.05, 0.1) is 12.1 Å². The zero-order valence-corrected chi connectivity index (χ0v) is 10.7. The van der Waals surface area contributed by atoms with Crippen molar-refractivity contribution < 1.29 is 19.7 Å². The Hall–Kier alpha value is -1.79. The van der Waals surface area contributed by atoms with Crippen molar-refractivity contribution in [1.82, 2.24) is 5.32 Å². The summed E-state index contributed by atoms with van der Waals surface area (Å²) in [6.07, 6.45) is 0.638.